The maximum Gasteiger partial charge on any atom is 0.244 e. The number of sulfonamides is 1. The molecule has 3 rings (SSSR count). The molecule has 0 saturated carbocycles. The van der Waals surface area contributed by atoms with Crippen LogP contribution in [0.2, 0.25) is 0 Å². The van der Waals surface area contributed by atoms with Gasteiger partial charge in [0.1, 0.15) is 25.0 Å². The van der Waals surface area contributed by atoms with Crippen LogP contribution in [-0.4, -0.2) is 46.9 Å². The fourth-order valence-corrected chi connectivity index (χ4v) is 4.58. The van der Waals surface area contributed by atoms with Gasteiger partial charge in [-0.2, -0.15) is 0 Å². The van der Waals surface area contributed by atoms with Crippen LogP contribution in [0.4, 0.5) is 5.69 Å². The second-order valence-corrected chi connectivity index (χ2v) is 8.89. The molecule has 0 aromatic heterocycles. The molecule has 2 aromatic rings. The summed E-state index contributed by atoms with van der Waals surface area (Å²) in [5.74, 6) is 1.20. The molecule has 2 aromatic carbocycles. The average Bonchev–Trinajstić information content (AvgIpc) is 2.72. The van der Waals surface area contributed by atoms with Gasteiger partial charge >= 0.3 is 0 Å². The van der Waals surface area contributed by atoms with Gasteiger partial charge in [0.25, 0.3) is 0 Å². The summed E-state index contributed by atoms with van der Waals surface area (Å²) in [5.41, 5.74) is 1.13. The number of ether oxygens (including phenoxy) is 3. The van der Waals surface area contributed by atoms with Crippen LogP contribution in [-0.2, 0) is 14.8 Å². The molecule has 0 bridgehead atoms. The van der Waals surface area contributed by atoms with E-state index in [1.165, 1.54) is 0 Å². The van der Waals surface area contributed by atoms with Gasteiger partial charge in [-0.25, -0.2) is 8.42 Å². The predicted octanol–water partition coefficient (Wildman–Crippen LogP) is 2.50. The number of para-hydroxylation sites is 1. The van der Waals surface area contributed by atoms with Crippen molar-refractivity contribution in [1.82, 2.24) is 5.32 Å². The smallest absolute Gasteiger partial charge is 0.244 e. The third kappa shape index (κ3) is 4.62. The number of nitrogens with zero attached hydrogens (tertiary/aromatic N) is 1. The summed E-state index contributed by atoms with van der Waals surface area (Å²) >= 11 is 0. The summed E-state index contributed by atoms with van der Waals surface area (Å²) in [6, 6.07) is 10.8. The van der Waals surface area contributed by atoms with E-state index in [1.54, 1.807) is 38.3 Å². The van der Waals surface area contributed by atoms with E-state index in [1.807, 2.05) is 25.1 Å². The molecule has 0 unspecified atom stereocenters. The normalized spacial score (nSPS) is 15.1. The van der Waals surface area contributed by atoms with E-state index in [-0.39, 0.29) is 6.04 Å². The van der Waals surface area contributed by atoms with E-state index in [0.29, 0.717) is 36.1 Å². The fraction of sp³-hybridized carbons (Fsp3) is 0.381. The molecule has 2 atom stereocenters. The van der Waals surface area contributed by atoms with Crippen LogP contribution in [0.1, 0.15) is 25.5 Å². The summed E-state index contributed by atoms with van der Waals surface area (Å²) in [6.07, 6.45) is 1.07. The molecule has 0 saturated heterocycles. The Balaban J connectivity index is 1.85. The zero-order valence-corrected chi connectivity index (χ0v) is 18.2. The fourth-order valence-electron chi connectivity index (χ4n) is 3.41. The summed E-state index contributed by atoms with van der Waals surface area (Å²) < 4.78 is 42.6. The first-order chi connectivity index (χ1) is 14.2. The van der Waals surface area contributed by atoms with Crippen molar-refractivity contribution in [3.05, 3.63) is 48.0 Å². The lowest BCUT2D eigenvalue weighted by Gasteiger charge is -2.30. The van der Waals surface area contributed by atoms with E-state index in [2.05, 4.69) is 5.32 Å². The second kappa shape index (κ2) is 8.83. The molecular weight excluding hydrogens is 408 g/mol. The molecule has 1 aliphatic rings. The summed E-state index contributed by atoms with van der Waals surface area (Å²) in [6.45, 7) is 4.17. The van der Waals surface area contributed by atoms with Crippen molar-refractivity contribution in [1.29, 1.82) is 0 Å². The molecule has 162 valence electrons. The number of fused-ring (bicyclic) bond motifs is 1. The van der Waals surface area contributed by atoms with Gasteiger partial charge in [0.2, 0.25) is 15.9 Å². The first-order valence-corrected chi connectivity index (χ1v) is 11.4. The molecular formula is C21H26N2O6S. The van der Waals surface area contributed by atoms with Crippen molar-refractivity contribution in [3.8, 4) is 17.2 Å². The van der Waals surface area contributed by atoms with Crippen LogP contribution in [0.3, 0.4) is 0 Å². The van der Waals surface area contributed by atoms with Crippen LogP contribution in [0, 0.1) is 0 Å². The van der Waals surface area contributed by atoms with Crippen LogP contribution < -0.4 is 23.8 Å². The molecule has 0 radical (unpaired) electrons. The highest BCUT2D eigenvalue weighted by Gasteiger charge is 2.31. The van der Waals surface area contributed by atoms with Gasteiger partial charge in [-0.15, -0.1) is 0 Å². The van der Waals surface area contributed by atoms with E-state index in [4.69, 9.17) is 14.2 Å². The number of anilines is 1. The van der Waals surface area contributed by atoms with Crippen molar-refractivity contribution >= 4 is 21.6 Å². The minimum absolute atomic E-state index is 0.328. The Labute approximate surface area is 176 Å². The predicted molar refractivity (Wildman–Crippen MR) is 114 cm³/mol. The molecule has 1 heterocycles. The number of rotatable bonds is 7. The maximum absolute atomic E-state index is 13.0. The van der Waals surface area contributed by atoms with Crippen LogP contribution in [0.25, 0.3) is 0 Å². The number of carbonyl (C=O) groups is 1. The highest BCUT2D eigenvalue weighted by molar-refractivity contribution is 7.92. The number of hydrogen-bond acceptors (Lipinski definition) is 6. The first-order valence-electron chi connectivity index (χ1n) is 9.54. The second-order valence-electron chi connectivity index (χ2n) is 7.03. The average molecular weight is 435 g/mol. The van der Waals surface area contributed by atoms with Gasteiger partial charge in [-0.3, -0.25) is 9.10 Å². The Morgan fingerprint density at radius 3 is 2.43 bits per heavy atom. The van der Waals surface area contributed by atoms with E-state index in [0.717, 1.165) is 16.1 Å². The number of nitrogens with one attached hydrogen (secondary N) is 1. The van der Waals surface area contributed by atoms with Crippen molar-refractivity contribution in [2.75, 3.05) is 30.9 Å². The number of carbonyl (C=O) groups excluding carboxylic acids is 1. The summed E-state index contributed by atoms with van der Waals surface area (Å²) in [5, 5.41) is 2.87. The molecule has 1 N–H and O–H groups in total. The molecule has 9 heteroatoms. The lowest BCUT2D eigenvalue weighted by molar-refractivity contribution is -0.122. The van der Waals surface area contributed by atoms with Crippen LogP contribution in [0.15, 0.2) is 42.5 Å². The summed E-state index contributed by atoms with van der Waals surface area (Å²) in [4.78, 5) is 13.0. The molecule has 30 heavy (non-hydrogen) atoms. The molecule has 1 aliphatic heterocycles. The largest absolute Gasteiger partial charge is 0.496 e. The Hall–Kier alpha value is -2.94. The third-order valence-corrected chi connectivity index (χ3v) is 6.07. The Morgan fingerprint density at radius 2 is 1.77 bits per heavy atom. The van der Waals surface area contributed by atoms with Gasteiger partial charge in [0.15, 0.2) is 11.5 Å². The van der Waals surface area contributed by atoms with Crippen molar-refractivity contribution in [3.63, 3.8) is 0 Å². The highest BCUT2D eigenvalue weighted by atomic mass is 32.2. The molecule has 0 spiro atoms. The molecule has 1 amide bonds. The standard InChI is InChI=1S/C21H26N2O6S/c1-14(17-7-5-6-8-18(17)27-3)22-21(24)15(2)23(30(4,25)26)16-9-10-19-20(13-16)29-12-11-28-19/h5-10,13-15H,11-12H2,1-4H3,(H,22,24)/t14-,15+/m1/s1. The molecule has 0 aliphatic carbocycles. The zero-order valence-electron chi connectivity index (χ0n) is 17.4. The van der Waals surface area contributed by atoms with Gasteiger partial charge in [0.05, 0.1) is 25.1 Å². The highest BCUT2D eigenvalue weighted by Crippen LogP contribution is 2.35. The topological polar surface area (TPSA) is 94.2 Å². The van der Waals surface area contributed by atoms with Gasteiger partial charge in [-0.05, 0) is 32.0 Å². The van der Waals surface area contributed by atoms with Crippen molar-refractivity contribution < 1.29 is 27.4 Å². The van der Waals surface area contributed by atoms with Crippen LogP contribution >= 0.6 is 0 Å². The monoisotopic (exact) mass is 434 g/mol. The minimum atomic E-state index is -3.75. The van der Waals surface area contributed by atoms with Gasteiger partial charge < -0.3 is 19.5 Å². The quantitative estimate of drug-likeness (QED) is 0.720. The minimum Gasteiger partial charge on any atom is -0.496 e. The lowest BCUT2D eigenvalue weighted by Crippen LogP contribution is -2.48. The maximum atomic E-state index is 13.0. The molecule has 0 fully saturated rings. The number of methoxy groups -OCH3 is 1. The van der Waals surface area contributed by atoms with Crippen LogP contribution in [0.5, 0.6) is 17.2 Å². The van der Waals surface area contributed by atoms with Gasteiger partial charge in [-0.1, -0.05) is 18.2 Å². The Kier molecular flexibility index (Phi) is 6.40. The van der Waals surface area contributed by atoms with Gasteiger partial charge in [0, 0.05) is 11.6 Å². The number of amides is 1. The lowest BCUT2D eigenvalue weighted by atomic mass is 10.1. The van der Waals surface area contributed by atoms with Crippen molar-refractivity contribution in [2.45, 2.75) is 25.9 Å². The zero-order chi connectivity index (χ0) is 21.9. The van der Waals surface area contributed by atoms with E-state index < -0.39 is 22.0 Å². The molecule has 8 nitrogen and oxygen atoms in total. The number of benzene rings is 2. The third-order valence-electron chi connectivity index (χ3n) is 4.83. The Bertz CT molecular complexity index is 1020. The van der Waals surface area contributed by atoms with E-state index in [9.17, 15) is 13.2 Å². The Morgan fingerprint density at radius 1 is 1.10 bits per heavy atom. The first kappa shape index (κ1) is 21.8. The van der Waals surface area contributed by atoms with E-state index >= 15 is 0 Å². The van der Waals surface area contributed by atoms with Crippen molar-refractivity contribution in [2.24, 2.45) is 0 Å². The summed E-state index contributed by atoms with van der Waals surface area (Å²) in [7, 11) is -2.19. The number of hydrogen-bond donors (Lipinski definition) is 1. The SMILES string of the molecule is COc1ccccc1[C@@H](C)NC(=O)[C@H](C)N(c1ccc2c(c1)OCCO2)S(C)(=O)=O.